The van der Waals surface area contributed by atoms with Gasteiger partial charge in [-0.25, -0.2) is 9.97 Å². The molecule has 2 aromatic heterocycles. The molecule has 7 heteroatoms. The molecular weight excluding hydrogens is 366 g/mol. The number of piperazine rings is 1. The van der Waals surface area contributed by atoms with Crippen molar-refractivity contribution in [1.82, 2.24) is 14.9 Å². The Kier molecular flexibility index (Phi) is 5.56. The van der Waals surface area contributed by atoms with Crippen LogP contribution in [-0.4, -0.2) is 54.1 Å². The van der Waals surface area contributed by atoms with E-state index in [9.17, 15) is 4.79 Å². The summed E-state index contributed by atoms with van der Waals surface area (Å²) in [6.45, 7) is 2.84. The van der Waals surface area contributed by atoms with Gasteiger partial charge in [0.1, 0.15) is 17.3 Å². The van der Waals surface area contributed by atoms with Gasteiger partial charge in [0, 0.05) is 38.1 Å². The molecule has 1 fully saturated rings. The van der Waals surface area contributed by atoms with Crippen LogP contribution < -0.4 is 15.0 Å². The van der Waals surface area contributed by atoms with Crippen LogP contribution in [0.5, 0.6) is 5.75 Å². The fourth-order valence-corrected chi connectivity index (χ4v) is 3.28. The third kappa shape index (κ3) is 4.45. The molecule has 1 aliphatic heterocycles. The second-order valence-electron chi connectivity index (χ2n) is 6.75. The van der Waals surface area contributed by atoms with Crippen LogP contribution in [0.2, 0.25) is 0 Å². The molecule has 29 heavy (non-hydrogen) atoms. The topological polar surface area (TPSA) is 70.6 Å². The van der Waals surface area contributed by atoms with Gasteiger partial charge in [-0.3, -0.25) is 4.79 Å². The molecule has 3 aromatic rings. The summed E-state index contributed by atoms with van der Waals surface area (Å²) in [6, 6.07) is 17.1. The summed E-state index contributed by atoms with van der Waals surface area (Å²) in [5.74, 6) is 1.71. The highest BCUT2D eigenvalue weighted by Crippen LogP contribution is 2.20. The van der Waals surface area contributed by atoms with Gasteiger partial charge in [-0.1, -0.05) is 6.07 Å². The number of pyridine rings is 2. The zero-order chi connectivity index (χ0) is 20.1. The van der Waals surface area contributed by atoms with Crippen molar-refractivity contribution in [2.24, 2.45) is 0 Å². The van der Waals surface area contributed by atoms with Crippen molar-refractivity contribution in [1.29, 1.82) is 0 Å². The number of carbonyl (C=O) groups is 1. The van der Waals surface area contributed by atoms with Crippen molar-refractivity contribution in [3.63, 3.8) is 0 Å². The number of rotatable bonds is 5. The Morgan fingerprint density at radius 2 is 1.69 bits per heavy atom. The second kappa shape index (κ2) is 8.60. The molecule has 0 spiro atoms. The monoisotopic (exact) mass is 389 g/mol. The zero-order valence-electron chi connectivity index (χ0n) is 16.3. The molecule has 1 saturated heterocycles. The molecule has 7 nitrogen and oxygen atoms in total. The van der Waals surface area contributed by atoms with Crippen LogP contribution in [0.4, 0.5) is 17.2 Å². The molecule has 0 saturated carbocycles. The van der Waals surface area contributed by atoms with E-state index in [1.807, 2.05) is 53.4 Å². The Labute approximate surface area is 170 Å². The maximum atomic E-state index is 12.8. The summed E-state index contributed by atoms with van der Waals surface area (Å²) >= 11 is 0. The van der Waals surface area contributed by atoms with Crippen molar-refractivity contribution < 1.29 is 9.53 Å². The van der Waals surface area contributed by atoms with E-state index in [4.69, 9.17) is 4.74 Å². The van der Waals surface area contributed by atoms with Crippen LogP contribution in [0.15, 0.2) is 67.0 Å². The highest BCUT2D eigenvalue weighted by molar-refractivity contribution is 5.92. The molecule has 1 aromatic carbocycles. The zero-order valence-corrected chi connectivity index (χ0v) is 16.3. The van der Waals surface area contributed by atoms with Gasteiger partial charge in [-0.05, 0) is 48.5 Å². The first-order valence-electron chi connectivity index (χ1n) is 9.55. The van der Waals surface area contributed by atoms with E-state index in [2.05, 4.69) is 20.2 Å². The average molecular weight is 389 g/mol. The van der Waals surface area contributed by atoms with Crippen molar-refractivity contribution in [2.75, 3.05) is 43.5 Å². The molecular formula is C22H23N5O2. The minimum atomic E-state index is -0.0401. The van der Waals surface area contributed by atoms with Crippen molar-refractivity contribution in [2.45, 2.75) is 0 Å². The molecule has 0 unspecified atom stereocenters. The first-order valence-corrected chi connectivity index (χ1v) is 9.55. The van der Waals surface area contributed by atoms with E-state index in [-0.39, 0.29) is 5.91 Å². The number of benzene rings is 1. The van der Waals surface area contributed by atoms with Gasteiger partial charge in [0.05, 0.1) is 19.0 Å². The summed E-state index contributed by atoms with van der Waals surface area (Å²) in [5, 5.41) is 3.27. The van der Waals surface area contributed by atoms with Gasteiger partial charge in [-0.2, -0.15) is 0 Å². The highest BCUT2D eigenvalue weighted by atomic mass is 16.5. The molecule has 0 atom stereocenters. The number of hydrogen-bond donors (Lipinski definition) is 1. The van der Waals surface area contributed by atoms with Gasteiger partial charge < -0.3 is 19.9 Å². The molecule has 3 heterocycles. The number of aromatic nitrogens is 2. The lowest BCUT2D eigenvalue weighted by Crippen LogP contribution is -2.49. The molecule has 148 valence electrons. The number of anilines is 3. The fraction of sp³-hybridized carbons (Fsp3) is 0.227. The Morgan fingerprint density at radius 3 is 2.31 bits per heavy atom. The summed E-state index contributed by atoms with van der Waals surface area (Å²) < 4.78 is 5.16. The predicted molar refractivity (Wildman–Crippen MR) is 113 cm³/mol. The maximum Gasteiger partial charge on any atom is 0.272 e. The lowest BCUT2D eigenvalue weighted by Gasteiger charge is -2.35. The van der Waals surface area contributed by atoms with E-state index in [0.717, 1.165) is 36.0 Å². The van der Waals surface area contributed by atoms with Crippen LogP contribution in [0.3, 0.4) is 0 Å². The number of carbonyl (C=O) groups excluding carboxylic acids is 1. The SMILES string of the molecule is COc1ccc(Nc2ccc(C(=O)N3CCN(c4ccccn4)CC3)nc2)cc1. The Balaban J connectivity index is 1.34. The van der Waals surface area contributed by atoms with Gasteiger partial charge in [0.25, 0.3) is 5.91 Å². The molecule has 1 amide bonds. The lowest BCUT2D eigenvalue weighted by molar-refractivity contribution is 0.0740. The van der Waals surface area contributed by atoms with E-state index < -0.39 is 0 Å². The first-order chi connectivity index (χ1) is 14.2. The molecule has 0 aliphatic carbocycles. The van der Waals surface area contributed by atoms with Gasteiger partial charge in [0.2, 0.25) is 0 Å². The van der Waals surface area contributed by atoms with Crippen LogP contribution in [0, 0.1) is 0 Å². The maximum absolute atomic E-state index is 12.8. The van der Waals surface area contributed by atoms with Crippen LogP contribution in [0.1, 0.15) is 10.5 Å². The Bertz CT molecular complexity index is 937. The number of amides is 1. The molecule has 0 radical (unpaired) electrons. The quantitative estimate of drug-likeness (QED) is 0.723. The van der Waals surface area contributed by atoms with Gasteiger partial charge >= 0.3 is 0 Å². The summed E-state index contributed by atoms with van der Waals surface area (Å²) in [7, 11) is 1.64. The van der Waals surface area contributed by atoms with E-state index in [0.29, 0.717) is 18.8 Å². The summed E-state index contributed by atoms with van der Waals surface area (Å²) in [5.41, 5.74) is 2.21. The standard InChI is InChI=1S/C22H23N5O2/c1-29-19-8-5-17(6-9-19)25-18-7-10-20(24-16-18)22(28)27-14-12-26(13-15-27)21-4-2-3-11-23-21/h2-11,16,25H,12-15H2,1H3. The van der Waals surface area contributed by atoms with Gasteiger partial charge in [0.15, 0.2) is 0 Å². The van der Waals surface area contributed by atoms with Crippen LogP contribution in [-0.2, 0) is 0 Å². The second-order valence-corrected chi connectivity index (χ2v) is 6.75. The van der Waals surface area contributed by atoms with Crippen molar-refractivity contribution in [3.8, 4) is 5.75 Å². The minimum Gasteiger partial charge on any atom is -0.497 e. The van der Waals surface area contributed by atoms with Crippen LogP contribution >= 0.6 is 0 Å². The molecule has 4 rings (SSSR count). The molecule has 0 bridgehead atoms. The lowest BCUT2D eigenvalue weighted by atomic mass is 10.2. The largest absolute Gasteiger partial charge is 0.497 e. The first kappa shape index (κ1) is 18.7. The highest BCUT2D eigenvalue weighted by Gasteiger charge is 2.23. The smallest absolute Gasteiger partial charge is 0.272 e. The Morgan fingerprint density at radius 1 is 0.931 bits per heavy atom. The normalized spacial score (nSPS) is 13.8. The minimum absolute atomic E-state index is 0.0401. The molecule has 1 aliphatic rings. The molecule has 1 N–H and O–H groups in total. The van der Waals surface area contributed by atoms with Crippen LogP contribution in [0.25, 0.3) is 0 Å². The Hall–Kier alpha value is -3.61. The van der Waals surface area contributed by atoms with E-state index in [1.165, 1.54) is 0 Å². The number of nitrogens with one attached hydrogen (secondary N) is 1. The number of ether oxygens (including phenoxy) is 1. The fourth-order valence-electron chi connectivity index (χ4n) is 3.28. The summed E-state index contributed by atoms with van der Waals surface area (Å²) in [6.07, 6.45) is 3.47. The third-order valence-corrected chi connectivity index (χ3v) is 4.90. The van der Waals surface area contributed by atoms with Crippen molar-refractivity contribution in [3.05, 3.63) is 72.7 Å². The number of methoxy groups -OCH3 is 1. The van der Waals surface area contributed by atoms with Gasteiger partial charge in [-0.15, -0.1) is 0 Å². The van der Waals surface area contributed by atoms with E-state index >= 15 is 0 Å². The third-order valence-electron chi connectivity index (χ3n) is 4.90. The average Bonchev–Trinajstić information content (AvgIpc) is 2.80. The van der Waals surface area contributed by atoms with Crippen molar-refractivity contribution >= 4 is 23.1 Å². The van der Waals surface area contributed by atoms with E-state index in [1.54, 1.807) is 25.6 Å². The number of hydrogen-bond acceptors (Lipinski definition) is 6. The summed E-state index contributed by atoms with van der Waals surface area (Å²) in [4.78, 5) is 25.6. The predicted octanol–water partition coefficient (Wildman–Crippen LogP) is 3.19. The number of nitrogens with zero attached hydrogens (tertiary/aromatic N) is 4.